The van der Waals surface area contributed by atoms with E-state index in [1.165, 1.54) is 36.9 Å². The fraction of sp³-hybridized carbons (Fsp3) is 0.292. The van der Waals surface area contributed by atoms with E-state index in [4.69, 9.17) is 4.74 Å². The average Bonchev–Trinajstić information content (AvgIpc) is 3.32. The van der Waals surface area contributed by atoms with E-state index in [1.807, 2.05) is 29.6 Å². The van der Waals surface area contributed by atoms with Crippen LogP contribution in [-0.4, -0.2) is 34.6 Å². The molecule has 0 aliphatic carbocycles. The van der Waals surface area contributed by atoms with E-state index >= 15 is 0 Å². The molecule has 0 aliphatic rings. The first-order chi connectivity index (χ1) is 15.3. The first kappa shape index (κ1) is 24.1. The normalized spacial score (nSPS) is 12.6. The number of rotatable bonds is 10. The molecule has 2 aromatic carbocycles. The van der Waals surface area contributed by atoms with Gasteiger partial charge in [0.2, 0.25) is 10.0 Å². The van der Waals surface area contributed by atoms with Crippen LogP contribution in [0.5, 0.6) is 0 Å². The molecular weight excluding hydrogens is 444 g/mol. The highest BCUT2D eigenvalue weighted by molar-refractivity contribution is 7.89. The van der Waals surface area contributed by atoms with Gasteiger partial charge < -0.3 is 10.1 Å². The molecule has 0 fully saturated rings. The minimum atomic E-state index is -3.65. The maximum Gasteiger partial charge on any atom is 0.252 e. The van der Waals surface area contributed by atoms with E-state index in [0.29, 0.717) is 11.5 Å². The molecule has 3 rings (SSSR count). The van der Waals surface area contributed by atoms with E-state index in [2.05, 4.69) is 36.0 Å². The van der Waals surface area contributed by atoms with Gasteiger partial charge in [0.25, 0.3) is 5.91 Å². The van der Waals surface area contributed by atoms with Crippen molar-refractivity contribution in [1.82, 2.24) is 10.0 Å². The van der Waals surface area contributed by atoms with Crippen LogP contribution in [0.3, 0.4) is 0 Å². The molecule has 1 aromatic heterocycles. The van der Waals surface area contributed by atoms with Crippen molar-refractivity contribution < 1.29 is 17.9 Å². The molecule has 1 unspecified atom stereocenters. The molecule has 0 spiro atoms. The summed E-state index contributed by atoms with van der Waals surface area (Å²) in [7, 11) is -2.14. The zero-order chi connectivity index (χ0) is 23.1. The minimum absolute atomic E-state index is 0.101. The Labute approximate surface area is 193 Å². The Bertz CT molecular complexity index is 1110. The lowest BCUT2D eigenvalue weighted by Crippen LogP contribution is -2.29. The van der Waals surface area contributed by atoms with Crippen molar-refractivity contribution in [1.29, 1.82) is 0 Å². The standard InChI is InChI=1S/C24H28N2O4S2/c1-17(2)18-6-8-19(9-7-18)23(22-5-4-16-31-22)26-24(27)20-10-12-21(13-11-20)32(28,29)25-14-15-30-3/h4-13,16-17,23,25H,14-15H2,1-3H3,(H,26,27). The summed E-state index contributed by atoms with van der Waals surface area (Å²) in [5.41, 5.74) is 2.62. The summed E-state index contributed by atoms with van der Waals surface area (Å²) in [4.78, 5) is 14.1. The van der Waals surface area contributed by atoms with Crippen molar-refractivity contribution in [3.63, 3.8) is 0 Å². The number of thiophene rings is 1. The Morgan fingerprint density at radius 1 is 1.00 bits per heavy atom. The van der Waals surface area contributed by atoms with Crippen molar-refractivity contribution >= 4 is 27.3 Å². The second-order valence-electron chi connectivity index (χ2n) is 7.66. The van der Waals surface area contributed by atoms with Gasteiger partial charge in [-0.15, -0.1) is 11.3 Å². The summed E-state index contributed by atoms with van der Waals surface area (Å²) in [6.45, 7) is 4.75. The molecular formula is C24H28N2O4S2. The van der Waals surface area contributed by atoms with E-state index in [1.54, 1.807) is 11.3 Å². The third kappa shape index (κ3) is 6.04. The van der Waals surface area contributed by atoms with E-state index in [-0.39, 0.29) is 30.0 Å². The van der Waals surface area contributed by atoms with Crippen molar-refractivity contribution in [3.05, 3.63) is 87.6 Å². The molecule has 0 radical (unpaired) electrons. The lowest BCUT2D eigenvalue weighted by atomic mass is 9.98. The molecule has 0 aliphatic heterocycles. The van der Waals surface area contributed by atoms with Gasteiger partial charge in [-0.05, 0) is 52.8 Å². The molecule has 170 valence electrons. The van der Waals surface area contributed by atoms with Gasteiger partial charge in [-0.25, -0.2) is 13.1 Å². The molecule has 2 N–H and O–H groups in total. The lowest BCUT2D eigenvalue weighted by molar-refractivity contribution is 0.0943. The molecule has 1 atom stereocenters. The third-order valence-corrected chi connectivity index (χ3v) is 7.48. The number of ether oxygens (including phenoxy) is 1. The zero-order valence-corrected chi connectivity index (χ0v) is 20.0. The zero-order valence-electron chi connectivity index (χ0n) is 18.4. The van der Waals surface area contributed by atoms with Crippen molar-refractivity contribution in [2.75, 3.05) is 20.3 Å². The summed E-state index contributed by atoms with van der Waals surface area (Å²) >= 11 is 1.58. The summed E-state index contributed by atoms with van der Waals surface area (Å²) < 4.78 is 32.0. The first-order valence-electron chi connectivity index (χ1n) is 10.3. The Morgan fingerprint density at radius 3 is 2.22 bits per heavy atom. The Balaban J connectivity index is 1.78. The Kier molecular flexibility index (Phi) is 8.20. The van der Waals surface area contributed by atoms with Crippen molar-refractivity contribution in [3.8, 4) is 0 Å². The number of hydrogen-bond donors (Lipinski definition) is 2. The predicted octanol–water partition coefficient (Wildman–Crippen LogP) is 4.32. The van der Waals surface area contributed by atoms with Crippen LogP contribution in [0, 0.1) is 0 Å². The number of carbonyl (C=O) groups excluding carboxylic acids is 1. The molecule has 6 nitrogen and oxygen atoms in total. The van der Waals surface area contributed by atoms with Gasteiger partial charge in [-0.1, -0.05) is 44.2 Å². The number of carbonyl (C=O) groups is 1. The number of nitrogens with one attached hydrogen (secondary N) is 2. The van der Waals surface area contributed by atoms with Crippen LogP contribution in [0.25, 0.3) is 0 Å². The van der Waals surface area contributed by atoms with Crippen LogP contribution in [-0.2, 0) is 14.8 Å². The van der Waals surface area contributed by atoms with Crippen LogP contribution >= 0.6 is 11.3 Å². The minimum Gasteiger partial charge on any atom is -0.383 e. The number of sulfonamides is 1. The summed E-state index contributed by atoms with van der Waals surface area (Å²) in [5.74, 6) is 0.158. The van der Waals surface area contributed by atoms with Gasteiger partial charge in [0.1, 0.15) is 0 Å². The number of methoxy groups -OCH3 is 1. The van der Waals surface area contributed by atoms with Crippen molar-refractivity contribution in [2.45, 2.75) is 30.7 Å². The molecule has 0 bridgehead atoms. The summed E-state index contributed by atoms with van der Waals surface area (Å²) in [6.07, 6.45) is 0. The quantitative estimate of drug-likeness (QED) is 0.431. The van der Waals surface area contributed by atoms with Gasteiger partial charge in [0, 0.05) is 24.1 Å². The summed E-state index contributed by atoms with van der Waals surface area (Å²) in [5, 5.41) is 5.07. The molecule has 0 saturated carbocycles. The van der Waals surface area contributed by atoms with Crippen LogP contribution in [0.4, 0.5) is 0 Å². The van der Waals surface area contributed by atoms with E-state index in [9.17, 15) is 13.2 Å². The second-order valence-corrected chi connectivity index (χ2v) is 10.4. The molecule has 8 heteroatoms. The second kappa shape index (κ2) is 10.9. The SMILES string of the molecule is COCCNS(=O)(=O)c1ccc(C(=O)NC(c2ccc(C(C)C)cc2)c2cccs2)cc1. The lowest BCUT2D eigenvalue weighted by Gasteiger charge is -2.19. The monoisotopic (exact) mass is 472 g/mol. The van der Waals surface area contributed by atoms with Gasteiger partial charge in [0.05, 0.1) is 17.5 Å². The number of amides is 1. The molecule has 1 amide bonds. The maximum absolute atomic E-state index is 13.0. The third-order valence-electron chi connectivity index (χ3n) is 5.06. The highest BCUT2D eigenvalue weighted by Gasteiger charge is 2.20. The van der Waals surface area contributed by atoms with Gasteiger partial charge in [-0.2, -0.15) is 0 Å². The van der Waals surface area contributed by atoms with E-state index < -0.39 is 10.0 Å². The molecule has 3 aromatic rings. The predicted molar refractivity (Wildman–Crippen MR) is 128 cm³/mol. The largest absolute Gasteiger partial charge is 0.383 e. The average molecular weight is 473 g/mol. The first-order valence-corrected chi connectivity index (χ1v) is 12.7. The molecule has 0 saturated heterocycles. The highest BCUT2D eigenvalue weighted by atomic mass is 32.2. The smallest absolute Gasteiger partial charge is 0.252 e. The highest BCUT2D eigenvalue weighted by Crippen LogP contribution is 2.28. The fourth-order valence-corrected chi connectivity index (χ4v) is 5.02. The Morgan fingerprint density at radius 2 is 1.66 bits per heavy atom. The molecule has 32 heavy (non-hydrogen) atoms. The fourth-order valence-electron chi connectivity index (χ4n) is 3.21. The maximum atomic E-state index is 13.0. The number of benzene rings is 2. The molecule has 1 heterocycles. The van der Waals surface area contributed by atoms with Crippen LogP contribution in [0.2, 0.25) is 0 Å². The summed E-state index contributed by atoms with van der Waals surface area (Å²) in [6, 6.07) is 17.8. The van der Waals surface area contributed by atoms with Crippen LogP contribution in [0.15, 0.2) is 70.9 Å². The van der Waals surface area contributed by atoms with E-state index in [0.717, 1.165) is 10.4 Å². The van der Waals surface area contributed by atoms with Crippen LogP contribution < -0.4 is 10.0 Å². The van der Waals surface area contributed by atoms with Crippen molar-refractivity contribution in [2.24, 2.45) is 0 Å². The Hall–Kier alpha value is -2.52. The van der Waals surface area contributed by atoms with Crippen LogP contribution in [0.1, 0.15) is 52.2 Å². The van der Waals surface area contributed by atoms with Gasteiger partial charge in [-0.3, -0.25) is 4.79 Å². The van der Waals surface area contributed by atoms with Gasteiger partial charge in [0.15, 0.2) is 0 Å². The topological polar surface area (TPSA) is 84.5 Å². The number of hydrogen-bond acceptors (Lipinski definition) is 5. The van der Waals surface area contributed by atoms with Gasteiger partial charge >= 0.3 is 0 Å².